The van der Waals surface area contributed by atoms with Crippen molar-refractivity contribution in [2.45, 2.75) is 13.8 Å². The Bertz CT molecular complexity index is 923. The third kappa shape index (κ3) is 4.20. The zero-order valence-electron chi connectivity index (χ0n) is 14.8. The third-order valence-electron chi connectivity index (χ3n) is 3.63. The molecule has 0 aliphatic carbocycles. The lowest BCUT2D eigenvalue weighted by atomic mass is 10.1. The van der Waals surface area contributed by atoms with Gasteiger partial charge in [0, 0.05) is 6.92 Å². The zero-order chi connectivity index (χ0) is 19.4. The molecule has 1 fully saturated rings. The predicted molar refractivity (Wildman–Crippen MR) is 104 cm³/mol. The molecule has 0 aromatic heterocycles. The Morgan fingerprint density at radius 3 is 2.52 bits per heavy atom. The summed E-state index contributed by atoms with van der Waals surface area (Å²) in [7, 11) is 0. The Morgan fingerprint density at radius 2 is 1.85 bits per heavy atom. The highest BCUT2D eigenvalue weighted by atomic mass is 32.2. The summed E-state index contributed by atoms with van der Waals surface area (Å²) in [5.74, 6) is -0.131. The number of nitrogens with zero attached hydrogens (tertiary/aromatic N) is 1. The number of imide groups is 1. The Balaban J connectivity index is 1.90. The Labute approximate surface area is 160 Å². The van der Waals surface area contributed by atoms with Crippen LogP contribution in [0.4, 0.5) is 10.5 Å². The van der Waals surface area contributed by atoms with Gasteiger partial charge in [-0.3, -0.25) is 14.4 Å². The molecule has 1 saturated heterocycles. The molecule has 6 nitrogen and oxygen atoms in total. The smallest absolute Gasteiger partial charge is 0.308 e. The number of carbonyl (C=O) groups excluding carboxylic acids is 3. The van der Waals surface area contributed by atoms with Gasteiger partial charge in [-0.2, -0.15) is 0 Å². The molecule has 2 aromatic carbocycles. The summed E-state index contributed by atoms with van der Waals surface area (Å²) in [5, 5.41) is -0.348. The molecule has 1 heterocycles. The van der Waals surface area contributed by atoms with E-state index < -0.39 is 5.97 Å². The molecule has 0 radical (unpaired) electrons. The summed E-state index contributed by atoms with van der Waals surface area (Å²) in [4.78, 5) is 37.6. The van der Waals surface area contributed by atoms with Crippen LogP contribution in [-0.4, -0.2) is 23.7 Å². The van der Waals surface area contributed by atoms with Gasteiger partial charge >= 0.3 is 5.97 Å². The number of ether oxygens (including phenoxy) is 2. The summed E-state index contributed by atoms with van der Waals surface area (Å²) in [6, 6.07) is 13.7. The molecule has 138 valence electrons. The van der Waals surface area contributed by atoms with Crippen molar-refractivity contribution in [1.29, 1.82) is 0 Å². The van der Waals surface area contributed by atoms with Crippen LogP contribution >= 0.6 is 11.8 Å². The van der Waals surface area contributed by atoms with Crippen molar-refractivity contribution in [3.8, 4) is 11.5 Å². The number of thioether (sulfide) groups is 1. The summed E-state index contributed by atoms with van der Waals surface area (Å²) >= 11 is 0.878. The Morgan fingerprint density at radius 1 is 1.11 bits per heavy atom. The molecule has 7 heteroatoms. The lowest BCUT2D eigenvalue weighted by molar-refractivity contribution is -0.132. The maximum Gasteiger partial charge on any atom is 0.308 e. The van der Waals surface area contributed by atoms with Gasteiger partial charge in [0.1, 0.15) is 0 Å². The van der Waals surface area contributed by atoms with Crippen LogP contribution < -0.4 is 14.4 Å². The number of anilines is 1. The molecule has 1 aliphatic heterocycles. The fourth-order valence-corrected chi connectivity index (χ4v) is 3.38. The highest BCUT2D eigenvalue weighted by Crippen LogP contribution is 2.37. The lowest BCUT2D eigenvalue weighted by Gasteiger charge is -2.12. The van der Waals surface area contributed by atoms with Crippen molar-refractivity contribution in [2.75, 3.05) is 11.5 Å². The average Bonchev–Trinajstić information content (AvgIpc) is 2.91. The highest BCUT2D eigenvalue weighted by molar-refractivity contribution is 8.19. The standard InChI is InChI=1S/C20H17NO5S/c1-3-25-17-11-14(9-10-16(17)26-13(2)22)12-18-19(23)21(20(24)27-18)15-7-5-4-6-8-15/h4-12H,3H2,1-2H3. The third-order valence-corrected chi connectivity index (χ3v) is 4.50. The predicted octanol–water partition coefficient (Wildman–Crippen LogP) is 4.25. The second-order valence-electron chi connectivity index (χ2n) is 5.59. The van der Waals surface area contributed by atoms with Crippen LogP contribution in [-0.2, 0) is 9.59 Å². The molecule has 3 rings (SSSR count). The zero-order valence-corrected chi connectivity index (χ0v) is 15.6. The number of esters is 1. The highest BCUT2D eigenvalue weighted by Gasteiger charge is 2.36. The van der Waals surface area contributed by atoms with Gasteiger partial charge in [-0.1, -0.05) is 24.3 Å². The Kier molecular flexibility index (Phi) is 5.61. The van der Waals surface area contributed by atoms with Gasteiger partial charge in [0.25, 0.3) is 11.1 Å². The normalized spacial score (nSPS) is 15.3. The summed E-state index contributed by atoms with van der Waals surface area (Å²) in [5.41, 5.74) is 1.19. The second kappa shape index (κ2) is 8.09. The van der Waals surface area contributed by atoms with E-state index in [-0.39, 0.29) is 11.1 Å². The molecule has 27 heavy (non-hydrogen) atoms. The first-order valence-electron chi connectivity index (χ1n) is 8.28. The van der Waals surface area contributed by atoms with Gasteiger partial charge in [-0.05, 0) is 54.6 Å². The maximum atomic E-state index is 12.7. The van der Waals surface area contributed by atoms with Crippen molar-refractivity contribution >= 4 is 40.6 Å². The minimum atomic E-state index is -0.451. The topological polar surface area (TPSA) is 72.9 Å². The largest absolute Gasteiger partial charge is 0.490 e. The molecule has 0 spiro atoms. The van der Waals surface area contributed by atoms with E-state index in [1.54, 1.807) is 48.5 Å². The minimum Gasteiger partial charge on any atom is -0.490 e. The SMILES string of the molecule is CCOc1cc(C=C2SC(=O)N(c3ccccc3)C2=O)ccc1OC(C)=O. The van der Waals surface area contributed by atoms with E-state index in [9.17, 15) is 14.4 Å². The van der Waals surface area contributed by atoms with Crippen LogP contribution in [0.3, 0.4) is 0 Å². The number of hydrogen-bond acceptors (Lipinski definition) is 6. The van der Waals surface area contributed by atoms with Crippen LogP contribution in [0.5, 0.6) is 11.5 Å². The number of benzene rings is 2. The van der Waals surface area contributed by atoms with Gasteiger partial charge in [0.15, 0.2) is 11.5 Å². The fraction of sp³-hybridized carbons (Fsp3) is 0.150. The van der Waals surface area contributed by atoms with E-state index >= 15 is 0 Å². The first kappa shape index (κ1) is 18.7. The summed E-state index contributed by atoms with van der Waals surface area (Å²) in [6.07, 6.45) is 1.62. The molecule has 0 N–H and O–H groups in total. The van der Waals surface area contributed by atoms with Crippen LogP contribution in [0.1, 0.15) is 19.4 Å². The maximum absolute atomic E-state index is 12.7. The molecule has 1 aliphatic rings. The average molecular weight is 383 g/mol. The molecule has 2 amide bonds. The number of amides is 2. The van der Waals surface area contributed by atoms with E-state index in [2.05, 4.69) is 0 Å². The van der Waals surface area contributed by atoms with Crippen LogP contribution in [0, 0.1) is 0 Å². The van der Waals surface area contributed by atoms with Crippen LogP contribution in [0.15, 0.2) is 53.4 Å². The van der Waals surface area contributed by atoms with Crippen molar-refractivity contribution in [1.82, 2.24) is 0 Å². The monoisotopic (exact) mass is 383 g/mol. The van der Waals surface area contributed by atoms with Crippen LogP contribution in [0.2, 0.25) is 0 Å². The lowest BCUT2D eigenvalue weighted by Crippen LogP contribution is -2.27. The molecular formula is C20H17NO5S. The summed E-state index contributed by atoms with van der Waals surface area (Å²) < 4.78 is 10.6. The van der Waals surface area contributed by atoms with Crippen molar-refractivity contribution in [3.63, 3.8) is 0 Å². The van der Waals surface area contributed by atoms with E-state index in [1.165, 1.54) is 6.92 Å². The van der Waals surface area contributed by atoms with Crippen molar-refractivity contribution < 1.29 is 23.9 Å². The molecule has 2 aromatic rings. The quantitative estimate of drug-likeness (QED) is 0.437. The van der Waals surface area contributed by atoms with Crippen LogP contribution in [0.25, 0.3) is 6.08 Å². The van der Waals surface area contributed by atoms with Gasteiger partial charge in [-0.25, -0.2) is 4.90 Å². The number of carbonyl (C=O) groups is 3. The Hall–Kier alpha value is -3.06. The van der Waals surface area contributed by atoms with E-state index in [0.717, 1.165) is 16.7 Å². The van der Waals surface area contributed by atoms with Gasteiger partial charge < -0.3 is 9.47 Å². The van der Waals surface area contributed by atoms with E-state index in [1.807, 2.05) is 13.0 Å². The number of para-hydroxylation sites is 1. The van der Waals surface area contributed by atoms with E-state index in [4.69, 9.17) is 9.47 Å². The van der Waals surface area contributed by atoms with Gasteiger partial charge in [0.2, 0.25) is 0 Å². The van der Waals surface area contributed by atoms with Gasteiger partial charge in [-0.15, -0.1) is 0 Å². The molecule has 0 bridgehead atoms. The van der Waals surface area contributed by atoms with Crippen molar-refractivity contribution in [3.05, 3.63) is 59.0 Å². The van der Waals surface area contributed by atoms with Crippen molar-refractivity contribution in [2.24, 2.45) is 0 Å². The molecule has 0 atom stereocenters. The fourth-order valence-electron chi connectivity index (χ4n) is 2.54. The summed E-state index contributed by atoms with van der Waals surface area (Å²) in [6.45, 7) is 3.51. The van der Waals surface area contributed by atoms with Gasteiger partial charge in [0.05, 0.1) is 17.2 Å². The first-order valence-corrected chi connectivity index (χ1v) is 9.09. The second-order valence-corrected chi connectivity index (χ2v) is 6.58. The number of rotatable bonds is 5. The molecule has 0 saturated carbocycles. The molecular weight excluding hydrogens is 366 g/mol. The molecule has 0 unspecified atom stereocenters. The van der Waals surface area contributed by atoms with E-state index in [0.29, 0.717) is 34.3 Å². The first-order chi connectivity index (χ1) is 13.0. The minimum absolute atomic E-state index is 0.305. The number of hydrogen-bond donors (Lipinski definition) is 0.